The lowest BCUT2D eigenvalue weighted by atomic mass is 10.2. The monoisotopic (exact) mass is 361 g/mol. The Morgan fingerprint density at radius 1 is 1.32 bits per heavy atom. The Balaban J connectivity index is 2.35. The first-order valence-corrected chi connectivity index (χ1v) is 7.80. The van der Waals surface area contributed by atoms with E-state index in [2.05, 4.69) is 30.6 Å². The minimum absolute atomic E-state index is 0.0769. The van der Waals surface area contributed by atoms with Crippen molar-refractivity contribution in [1.82, 2.24) is 9.97 Å². The SMILES string of the molecule is Cc1cc(S(=O)(=O)Nc2cncc(Cl)n2)ccc1Br. The molecule has 2 rings (SSSR count). The van der Waals surface area contributed by atoms with Crippen LogP contribution in [0.5, 0.6) is 0 Å². The van der Waals surface area contributed by atoms with Crippen molar-refractivity contribution in [2.24, 2.45) is 0 Å². The second-order valence-corrected chi connectivity index (χ2v) is 6.67. The minimum atomic E-state index is -3.70. The Morgan fingerprint density at radius 3 is 2.68 bits per heavy atom. The summed E-state index contributed by atoms with van der Waals surface area (Å²) in [5, 5.41) is 0.118. The highest BCUT2D eigenvalue weighted by Crippen LogP contribution is 2.21. The van der Waals surface area contributed by atoms with Gasteiger partial charge in [0.1, 0.15) is 5.15 Å². The lowest BCUT2D eigenvalue weighted by molar-refractivity contribution is 0.601. The number of hydrogen-bond donors (Lipinski definition) is 1. The van der Waals surface area contributed by atoms with E-state index in [1.807, 2.05) is 6.92 Å². The molecular formula is C11H9BrClN3O2S. The Morgan fingerprint density at radius 2 is 2.05 bits per heavy atom. The van der Waals surface area contributed by atoms with Crippen LogP contribution >= 0.6 is 27.5 Å². The molecule has 0 atom stereocenters. The number of aryl methyl sites for hydroxylation is 1. The fourth-order valence-corrected chi connectivity index (χ4v) is 2.84. The number of anilines is 1. The van der Waals surface area contributed by atoms with Crippen LogP contribution in [0.2, 0.25) is 5.15 Å². The van der Waals surface area contributed by atoms with Gasteiger partial charge in [-0.1, -0.05) is 27.5 Å². The zero-order valence-electron chi connectivity index (χ0n) is 9.76. The molecule has 8 heteroatoms. The molecular weight excluding hydrogens is 354 g/mol. The second kappa shape index (κ2) is 5.44. The first-order chi connectivity index (χ1) is 8.88. The zero-order valence-corrected chi connectivity index (χ0v) is 12.9. The highest BCUT2D eigenvalue weighted by atomic mass is 79.9. The van der Waals surface area contributed by atoms with Crippen molar-refractivity contribution in [3.05, 3.63) is 45.8 Å². The summed E-state index contributed by atoms with van der Waals surface area (Å²) in [6, 6.07) is 4.73. The number of halogens is 2. The van der Waals surface area contributed by atoms with Gasteiger partial charge in [0.25, 0.3) is 10.0 Å². The van der Waals surface area contributed by atoms with Gasteiger partial charge in [0.05, 0.1) is 17.3 Å². The quantitative estimate of drug-likeness (QED) is 0.911. The third-order valence-electron chi connectivity index (χ3n) is 2.28. The largest absolute Gasteiger partial charge is 0.263 e. The molecule has 0 aliphatic rings. The summed E-state index contributed by atoms with van der Waals surface area (Å²) >= 11 is 8.97. The molecule has 1 aromatic carbocycles. The molecule has 1 N–H and O–H groups in total. The van der Waals surface area contributed by atoms with Crippen molar-refractivity contribution < 1.29 is 8.42 Å². The zero-order chi connectivity index (χ0) is 14.0. The number of nitrogens with zero attached hydrogens (tertiary/aromatic N) is 2. The number of hydrogen-bond acceptors (Lipinski definition) is 4. The van der Waals surface area contributed by atoms with E-state index in [-0.39, 0.29) is 15.9 Å². The summed E-state index contributed by atoms with van der Waals surface area (Å²) in [6.45, 7) is 1.81. The molecule has 0 saturated heterocycles. The second-order valence-electron chi connectivity index (χ2n) is 3.74. The summed E-state index contributed by atoms with van der Waals surface area (Å²) in [6.07, 6.45) is 2.61. The molecule has 0 radical (unpaired) electrons. The van der Waals surface area contributed by atoms with Crippen molar-refractivity contribution in [1.29, 1.82) is 0 Å². The Hall–Kier alpha value is -1.18. The van der Waals surface area contributed by atoms with Crippen molar-refractivity contribution in [3.8, 4) is 0 Å². The van der Waals surface area contributed by atoms with E-state index in [1.54, 1.807) is 12.1 Å². The Bertz CT molecular complexity index is 722. The molecule has 0 aliphatic carbocycles. The first-order valence-electron chi connectivity index (χ1n) is 5.15. The van der Waals surface area contributed by atoms with Crippen LogP contribution in [0.4, 0.5) is 5.82 Å². The standard InChI is InChI=1S/C11H9BrClN3O2S/c1-7-4-8(2-3-9(7)12)19(17,18)16-11-6-14-5-10(13)15-11/h2-6H,1H3,(H,15,16). The maximum absolute atomic E-state index is 12.1. The molecule has 1 heterocycles. The number of sulfonamides is 1. The first kappa shape index (κ1) is 14.2. The molecule has 2 aromatic rings. The van der Waals surface area contributed by atoms with E-state index in [1.165, 1.54) is 18.5 Å². The average Bonchev–Trinajstić information content (AvgIpc) is 2.32. The van der Waals surface area contributed by atoms with E-state index in [4.69, 9.17) is 11.6 Å². The average molecular weight is 363 g/mol. The van der Waals surface area contributed by atoms with Crippen LogP contribution in [-0.2, 0) is 10.0 Å². The summed E-state index contributed by atoms with van der Waals surface area (Å²) in [5.74, 6) is 0.0769. The molecule has 0 bridgehead atoms. The summed E-state index contributed by atoms with van der Waals surface area (Å²) < 4.78 is 27.4. The Kier molecular flexibility index (Phi) is 4.07. The van der Waals surface area contributed by atoms with Gasteiger partial charge < -0.3 is 0 Å². The predicted octanol–water partition coefficient (Wildman–Crippen LogP) is 3.00. The molecule has 0 amide bonds. The number of nitrogens with one attached hydrogen (secondary N) is 1. The smallest absolute Gasteiger partial charge is 0.262 e. The van der Waals surface area contributed by atoms with Crippen molar-refractivity contribution in [3.63, 3.8) is 0 Å². The summed E-state index contributed by atoms with van der Waals surface area (Å²) in [7, 11) is -3.70. The third kappa shape index (κ3) is 3.43. The van der Waals surface area contributed by atoms with E-state index in [0.717, 1.165) is 10.0 Å². The molecule has 5 nitrogen and oxygen atoms in total. The van der Waals surface area contributed by atoms with Gasteiger partial charge in [0.2, 0.25) is 0 Å². The lowest BCUT2D eigenvalue weighted by Gasteiger charge is -2.08. The van der Waals surface area contributed by atoms with Crippen LogP contribution in [0.25, 0.3) is 0 Å². The number of benzene rings is 1. The van der Waals surface area contributed by atoms with Crippen molar-refractivity contribution >= 4 is 43.4 Å². The fourth-order valence-electron chi connectivity index (χ4n) is 1.37. The highest BCUT2D eigenvalue weighted by molar-refractivity contribution is 9.10. The number of aromatic nitrogens is 2. The van der Waals surface area contributed by atoms with Crippen molar-refractivity contribution in [2.45, 2.75) is 11.8 Å². The highest BCUT2D eigenvalue weighted by Gasteiger charge is 2.16. The summed E-state index contributed by atoms with van der Waals surface area (Å²) in [5.41, 5.74) is 0.819. The topological polar surface area (TPSA) is 72.0 Å². The fraction of sp³-hybridized carbons (Fsp3) is 0.0909. The van der Waals surface area contributed by atoms with Gasteiger partial charge in [0, 0.05) is 4.47 Å². The maximum atomic E-state index is 12.1. The molecule has 0 unspecified atom stereocenters. The molecule has 19 heavy (non-hydrogen) atoms. The van der Waals surface area contributed by atoms with Crippen LogP contribution in [-0.4, -0.2) is 18.4 Å². The van der Waals surface area contributed by atoms with Crippen LogP contribution in [0, 0.1) is 6.92 Å². The van der Waals surface area contributed by atoms with Crippen LogP contribution < -0.4 is 4.72 Å². The molecule has 100 valence electrons. The van der Waals surface area contributed by atoms with Gasteiger partial charge in [-0.15, -0.1) is 0 Å². The predicted molar refractivity (Wildman–Crippen MR) is 76.7 cm³/mol. The van der Waals surface area contributed by atoms with E-state index in [0.29, 0.717) is 0 Å². The molecule has 0 spiro atoms. The molecule has 1 aromatic heterocycles. The van der Waals surface area contributed by atoms with Gasteiger partial charge in [-0.25, -0.2) is 13.4 Å². The van der Waals surface area contributed by atoms with Gasteiger partial charge in [0.15, 0.2) is 5.82 Å². The van der Waals surface area contributed by atoms with Crippen LogP contribution in [0.1, 0.15) is 5.56 Å². The third-order valence-corrected chi connectivity index (χ3v) is 4.71. The molecule has 0 saturated carbocycles. The van der Waals surface area contributed by atoms with Gasteiger partial charge in [-0.2, -0.15) is 0 Å². The maximum Gasteiger partial charge on any atom is 0.263 e. The molecule has 0 fully saturated rings. The lowest BCUT2D eigenvalue weighted by Crippen LogP contribution is -2.14. The van der Waals surface area contributed by atoms with E-state index in [9.17, 15) is 8.42 Å². The van der Waals surface area contributed by atoms with E-state index >= 15 is 0 Å². The van der Waals surface area contributed by atoms with Gasteiger partial charge in [-0.3, -0.25) is 9.71 Å². The van der Waals surface area contributed by atoms with Crippen molar-refractivity contribution in [2.75, 3.05) is 4.72 Å². The van der Waals surface area contributed by atoms with Crippen LogP contribution in [0.15, 0.2) is 40.0 Å². The molecule has 0 aliphatic heterocycles. The van der Waals surface area contributed by atoms with E-state index < -0.39 is 10.0 Å². The van der Waals surface area contributed by atoms with Gasteiger partial charge in [-0.05, 0) is 30.7 Å². The minimum Gasteiger partial charge on any atom is -0.262 e. The number of rotatable bonds is 3. The van der Waals surface area contributed by atoms with Gasteiger partial charge >= 0.3 is 0 Å². The normalized spacial score (nSPS) is 11.3. The van der Waals surface area contributed by atoms with Crippen LogP contribution in [0.3, 0.4) is 0 Å². The Labute approximate surface area is 124 Å². The summed E-state index contributed by atoms with van der Waals surface area (Å²) in [4.78, 5) is 7.74.